The summed E-state index contributed by atoms with van der Waals surface area (Å²) in [6.45, 7) is 11.3. The van der Waals surface area contributed by atoms with E-state index in [9.17, 15) is 0 Å². The van der Waals surface area contributed by atoms with E-state index in [2.05, 4.69) is 48.3 Å². The number of hydrogen-bond donors (Lipinski definition) is 2. The molecule has 0 bridgehead atoms. The molecule has 0 atom stereocenters. The van der Waals surface area contributed by atoms with Gasteiger partial charge in [0.05, 0.1) is 6.54 Å². The Balaban J connectivity index is 3.75. The first-order valence-corrected chi connectivity index (χ1v) is 6.45. The molecule has 4 heteroatoms. The van der Waals surface area contributed by atoms with Crippen molar-refractivity contribution in [2.24, 2.45) is 4.99 Å². The van der Waals surface area contributed by atoms with Gasteiger partial charge in [-0.3, -0.25) is 4.99 Å². The number of nitrogens with zero attached hydrogens (tertiary/aromatic N) is 2. The van der Waals surface area contributed by atoms with Crippen LogP contribution in [0.2, 0.25) is 0 Å². The molecule has 0 aromatic heterocycles. The minimum Gasteiger partial charge on any atom is -0.357 e. The fourth-order valence-electron chi connectivity index (χ4n) is 1.38. The third-order valence-corrected chi connectivity index (χ3v) is 2.33. The molecule has 0 heterocycles. The largest absolute Gasteiger partial charge is 0.357 e. The van der Waals surface area contributed by atoms with Crippen LogP contribution in [0.5, 0.6) is 0 Å². The summed E-state index contributed by atoms with van der Waals surface area (Å²) in [6.07, 6.45) is 2.53. The SMILES string of the molecule is CCCCN(C)CCN=C(NCC)NCC. The maximum absolute atomic E-state index is 4.50. The van der Waals surface area contributed by atoms with Crippen molar-refractivity contribution in [3.63, 3.8) is 0 Å². The minimum absolute atomic E-state index is 0.857. The Labute approximate surface area is 101 Å². The zero-order chi connectivity index (χ0) is 12.2. The van der Waals surface area contributed by atoms with Gasteiger partial charge in [0.25, 0.3) is 0 Å². The van der Waals surface area contributed by atoms with Crippen LogP contribution in [-0.2, 0) is 0 Å². The maximum atomic E-state index is 4.50. The molecule has 2 N–H and O–H groups in total. The van der Waals surface area contributed by atoms with Gasteiger partial charge < -0.3 is 15.5 Å². The van der Waals surface area contributed by atoms with Crippen LogP contribution in [-0.4, -0.2) is 50.6 Å². The Morgan fingerprint density at radius 3 is 2.19 bits per heavy atom. The van der Waals surface area contributed by atoms with E-state index >= 15 is 0 Å². The van der Waals surface area contributed by atoms with E-state index in [4.69, 9.17) is 0 Å². The predicted octanol–water partition coefficient (Wildman–Crippen LogP) is 1.29. The normalized spacial score (nSPS) is 10.3. The molecule has 0 rings (SSSR count). The Morgan fingerprint density at radius 2 is 1.69 bits per heavy atom. The number of unbranched alkanes of at least 4 members (excludes halogenated alkanes) is 1. The summed E-state index contributed by atoms with van der Waals surface area (Å²) in [5.41, 5.74) is 0. The van der Waals surface area contributed by atoms with E-state index in [-0.39, 0.29) is 0 Å². The smallest absolute Gasteiger partial charge is 0.191 e. The van der Waals surface area contributed by atoms with Crippen molar-refractivity contribution in [3.05, 3.63) is 0 Å². The molecule has 4 nitrogen and oxygen atoms in total. The summed E-state index contributed by atoms with van der Waals surface area (Å²) < 4.78 is 0. The number of likely N-dealkylation sites (N-methyl/N-ethyl adjacent to an activating group) is 1. The molecule has 0 spiro atoms. The number of guanidine groups is 1. The van der Waals surface area contributed by atoms with Gasteiger partial charge in [0, 0.05) is 19.6 Å². The third-order valence-electron chi connectivity index (χ3n) is 2.33. The minimum atomic E-state index is 0.857. The maximum Gasteiger partial charge on any atom is 0.191 e. The lowest BCUT2D eigenvalue weighted by atomic mass is 10.3. The summed E-state index contributed by atoms with van der Waals surface area (Å²) in [7, 11) is 2.16. The molecule has 0 aromatic rings. The molecule has 16 heavy (non-hydrogen) atoms. The first-order chi connectivity index (χ1) is 7.74. The summed E-state index contributed by atoms with van der Waals surface area (Å²) in [6, 6.07) is 0. The predicted molar refractivity (Wildman–Crippen MR) is 72.1 cm³/mol. The van der Waals surface area contributed by atoms with E-state index in [1.54, 1.807) is 0 Å². The van der Waals surface area contributed by atoms with Crippen molar-refractivity contribution in [2.75, 3.05) is 39.8 Å². The lowest BCUT2D eigenvalue weighted by Crippen LogP contribution is -2.37. The first kappa shape index (κ1) is 15.2. The van der Waals surface area contributed by atoms with Crippen LogP contribution < -0.4 is 10.6 Å². The lowest BCUT2D eigenvalue weighted by Gasteiger charge is -2.15. The van der Waals surface area contributed by atoms with Crippen molar-refractivity contribution in [1.29, 1.82) is 0 Å². The molecule has 0 aliphatic heterocycles. The first-order valence-electron chi connectivity index (χ1n) is 6.45. The molecule has 0 saturated heterocycles. The highest BCUT2D eigenvalue weighted by Gasteiger charge is 1.97. The molecule has 0 radical (unpaired) electrons. The lowest BCUT2D eigenvalue weighted by molar-refractivity contribution is 0.337. The summed E-state index contributed by atoms with van der Waals surface area (Å²) in [4.78, 5) is 6.84. The zero-order valence-electron chi connectivity index (χ0n) is 11.3. The Bertz CT molecular complexity index is 172. The van der Waals surface area contributed by atoms with Crippen LogP contribution in [0.4, 0.5) is 0 Å². The third kappa shape index (κ3) is 8.53. The van der Waals surface area contributed by atoms with E-state index in [0.29, 0.717) is 0 Å². The summed E-state index contributed by atoms with van der Waals surface area (Å²) >= 11 is 0. The van der Waals surface area contributed by atoms with Crippen LogP contribution in [0.25, 0.3) is 0 Å². The second-order valence-electron chi connectivity index (χ2n) is 3.95. The van der Waals surface area contributed by atoms with E-state index in [0.717, 1.165) is 32.1 Å². The molecule has 0 aliphatic carbocycles. The van der Waals surface area contributed by atoms with Gasteiger partial charge in [0.15, 0.2) is 5.96 Å². The van der Waals surface area contributed by atoms with E-state index < -0.39 is 0 Å². The molecule has 0 aromatic carbocycles. The standard InChI is InChI=1S/C12H28N4/c1-5-8-10-16(4)11-9-15-12(13-6-2)14-7-3/h5-11H2,1-4H3,(H2,13,14,15). The highest BCUT2D eigenvalue weighted by molar-refractivity contribution is 5.79. The quantitative estimate of drug-likeness (QED) is 0.486. The topological polar surface area (TPSA) is 39.7 Å². The Hall–Kier alpha value is -0.770. The fourth-order valence-corrected chi connectivity index (χ4v) is 1.38. The molecule has 96 valence electrons. The van der Waals surface area contributed by atoms with E-state index in [1.165, 1.54) is 19.4 Å². The average molecular weight is 228 g/mol. The molecular weight excluding hydrogens is 200 g/mol. The van der Waals surface area contributed by atoms with Gasteiger partial charge in [-0.05, 0) is 33.9 Å². The van der Waals surface area contributed by atoms with Gasteiger partial charge in [0.1, 0.15) is 0 Å². The van der Waals surface area contributed by atoms with E-state index in [1.807, 2.05) is 0 Å². The van der Waals surface area contributed by atoms with Crippen molar-refractivity contribution in [2.45, 2.75) is 33.6 Å². The van der Waals surface area contributed by atoms with Gasteiger partial charge in [-0.25, -0.2) is 0 Å². The average Bonchev–Trinajstić information content (AvgIpc) is 2.27. The van der Waals surface area contributed by atoms with Crippen molar-refractivity contribution >= 4 is 5.96 Å². The Kier molecular flexibility index (Phi) is 10.2. The molecular formula is C12H28N4. The van der Waals surface area contributed by atoms with Gasteiger partial charge >= 0.3 is 0 Å². The summed E-state index contributed by atoms with van der Waals surface area (Å²) in [5.74, 6) is 0.925. The van der Waals surface area contributed by atoms with Crippen LogP contribution >= 0.6 is 0 Å². The number of hydrogen-bond acceptors (Lipinski definition) is 2. The zero-order valence-corrected chi connectivity index (χ0v) is 11.3. The highest BCUT2D eigenvalue weighted by Crippen LogP contribution is 1.91. The van der Waals surface area contributed by atoms with Crippen molar-refractivity contribution in [1.82, 2.24) is 15.5 Å². The Morgan fingerprint density at radius 1 is 1.06 bits per heavy atom. The van der Waals surface area contributed by atoms with Crippen molar-refractivity contribution < 1.29 is 0 Å². The molecule has 0 saturated carbocycles. The van der Waals surface area contributed by atoms with Gasteiger partial charge in [-0.1, -0.05) is 13.3 Å². The number of aliphatic imine (C=N–C) groups is 1. The second-order valence-corrected chi connectivity index (χ2v) is 3.95. The molecule has 0 aliphatic rings. The molecule has 0 unspecified atom stereocenters. The monoisotopic (exact) mass is 228 g/mol. The molecule has 0 amide bonds. The molecule has 0 fully saturated rings. The number of rotatable bonds is 8. The van der Waals surface area contributed by atoms with Crippen LogP contribution in [0, 0.1) is 0 Å². The fraction of sp³-hybridized carbons (Fsp3) is 0.917. The second kappa shape index (κ2) is 10.7. The highest BCUT2D eigenvalue weighted by atomic mass is 15.2. The van der Waals surface area contributed by atoms with Crippen molar-refractivity contribution in [3.8, 4) is 0 Å². The van der Waals surface area contributed by atoms with Gasteiger partial charge in [-0.15, -0.1) is 0 Å². The van der Waals surface area contributed by atoms with Crippen LogP contribution in [0.1, 0.15) is 33.6 Å². The van der Waals surface area contributed by atoms with Gasteiger partial charge in [-0.2, -0.15) is 0 Å². The van der Waals surface area contributed by atoms with Gasteiger partial charge in [0.2, 0.25) is 0 Å². The van der Waals surface area contributed by atoms with Crippen LogP contribution in [0.3, 0.4) is 0 Å². The number of nitrogens with one attached hydrogen (secondary N) is 2. The van der Waals surface area contributed by atoms with Crippen LogP contribution in [0.15, 0.2) is 4.99 Å². The summed E-state index contributed by atoms with van der Waals surface area (Å²) in [5, 5.41) is 6.44.